The largest absolute Gasteiger partial charge is 0.494 e. The topological polar surface area (TPSA) is 72.2 Å². The van der Waals surface area contributed by atoms with Crippen LogP contribution in [0.2, 0.25) is 0 Å². The first-order valence-corrected chi connectivity index (χ1v) is 9.98. The molecule has 0 amide bonds. The maximum Gasteiger partial charge on any atom is 0.316 e. The van der Waals surface area contributed by atoms with E-state index in [1.807, 2.05) is 25.1 Å². The van der Waals surface area contributed by atoms with Crippen molar-refractivity contribution < 1.29 is 14.3 Å². The molecule has 1 heterocycles. The van der Waals surface area contributed by atoms with Gasteiger partial charge in [-0.3, -0.25) is 4.79 Å². The van der Waals surface area contributed by atoms with E-state index in [0.29, 0.717) is 17.2 Å². The van der Waals surface area contributed by atoms with E-state index < -0.39 is 0 Å². The van der Waals surface area contributed by atoms with E-state index in [1.165, 1.54) is 18.2 Å². The van der Waals surface area contributed by atoms with E-state index in [-0.39, 0.29) is 17.8 Å². The predicted molar refractivity (Wildman–Crippen MR) is 101 cm³/mol. The molecule has 5 nitrogen and oxygen atoms in total. The second-order valence-electron chi connectivity index (χ2n) is 6.28. The van der Waals surface area contributed by atoms with Gasteiger partial charge in [0.05, 0.1) is 23.4 Å². The van der Waals surface area contributed by atoms with Gasteiger partial charge in [0.15, 0.2) is 0 Å². The molecule has 1 aliphatic carbocycles. The Balaban J connectivity index is 1.69. The van der Waals surface area contributed by atoms with Gasteiger partial charge >= 0.3 is 5.97 Å². The number of carbonyl (C=O) groups excluding carboxylic acids is 1. The quantitative estimate of drug-likeness (QED) is 0.552. The van der Waals surface area contributed by atoms with E-state index >= 15 is 0 Å². The van der Waals surface area contributed by atoms with Crippen LogP contribution in [-0.2, 0) is 9.53 Å². The van der Waals surface area contributed by atoms with Gasteiger partial charge < -0.3 is 9.47 Å². The van der Waals surface area contributed by atoms with Crippen LogP contribution in [0, 0.1) is 11.3 Å². The van der Waals surface area contributed by atoms with Crippen molar-refractivity contribution in [3.8, 4) is 11.8 Å². The average Bonchev–Trinajstić information content (AvgIpc) is 2.66. The molecule has 0 N–H and O–H groups in total. The van der Waals surface area contributed by atoms with Gasteiger partial charge in [-0.25, -0.2) is 4.98 Å². The number of benzene rings is 1. The van der Waals surface area contributed by atoms with Gasteiger partial charge in [0.25, 0.3) is 0 Å². The Morgan fingerprint density at radius 3 is 2.85 bits per heavy atom. The van der Waals surface area contributed by atoms with E-state index in [4.69, 9.17) is 9.47 Å². The highest BCUT2D eigenvalue weighted by molar-refractivity contribution is 7.99. The summed E-state index contributed by atoms with van der Waals surface area (Å²) in [6.07, 6.45) is 5.43. The SMILES string of the molecule is CCOc1ccc2nc(SCC(=O)OC3CCCCC3)c(C#N)cc2c1. The molecule has 136 valence electrons. The first-order chi connectivity index (χ1) is 12.7. The molecular weight excluding hydrogens is 348 g/mol. The third-order valence-corrected chi connectivity index (χ3v) is 5.32. The molecule has 26 heavy (non-hydrogen) atoms. The Kier molecular flexibility index (Phi) is 6.35. The van der Waals surface area contributed by atoms with E-state index in [1.54, 1.807) is 6.07 Å². The minimum absolute atomic E-state index is 0.0498. The number of ether oxygens (including phenoxy) is 2. The van der Waals surface area contributed by atoms with Crippen molar-refractivity contribution in [1.29, 1.82) is 5.26 Å². The predicted octanol–water partition coefficient (Wildman–Crippen LogP) is 4.47. The second kappa shape index (κ2) is 8.91. The molecule has 1 saturated carbocycles. The molecule has 0 unspecified atom stereocenters. The van der Waals surface area contributed by atoms with Crippen molar-refractivity contribution in [2.75, 3.05) is 12.4 Å². The first-order valence-electron chi connectivity index (χ1n) is 8.99. The molecular formula is C20H22N2O3S. The highest BCUT2D eigenvalue weighted by Crippen LogP contribution is 2.28. The standard InChI is InChI=1S/C20H22N2O3S/c1-2-24-17-8-9-18-14(11-17)10-15(12-21)20(22-18)26-13-19(23)25-16-6-4-3-5-7-16/h8-11,16H,2-7,13H2,1H3. The van der Waals surface area contributed by atoms with Crippen molar-refractivity contribution in [3.05, 3.63) is 29.8 Å². The van der Waals surface area contributed by atoms with Crippen LogP contribution in [0.3, 0.4) is 0 Å². The van der Waals surface area contributed by atoms with Crippen LogP contribution in [0.1, 0.15) is 44.6 Å². The molecule has 0 spiro atoms. The van der Waals surface area contributed by atoms with Crippen molar-refractivity contribution >= 4 is 28.6 Å². The molecule has 1 aromatic carbocycles. The molecule has 1 aliphatic rings. The van der Waals surface area contributed by atoms with Crippen LogP contribution in [0.25, 0.3) is 10.9 Å². The van der Waals surface area contributed by atoms with E-state index in [0.717, 1.165) is 42.3 Å². The third-order valence-electron chi connectivity index (χ3n) is 4.36. The van der Waals surface area contributed by atoms with Crippen LogP contribution >= 0.6 is 11.8 Å². The van der Waals surface area contributed by atoms with Crippen LogP contribution in [-0.4, -0.2) is 29.4 Å². The summed E-state index contributed by atoms with van der Waals surface area (Å²) in [4.78, 5) is 16.6. The summed E-state index contributed by atoms with van der Waals surface area (Å²) in [5.74, 6) is 0.683. The fourth-order valence-electron chi connectivity index (χ4n) is 3.11. The molecule has 0 saturated heterocycles. The number of rotatable bonds is 6. The Morgan fingerprint density at radius 2 is 2.12 bits per heavy atom. The molecule has 0 radical (unpaired) electrons. The molecule has 1 fully saturated rings. The van der Waals surface area contributed by atoms with Crippen molar-refractivity contribution in [1.82, 2.24) is 4.98 Å². The second-order valence-corrected chi connectivity index (χ2v) is 7.24. The summed E-state index contributed by atoms with van der Waals surface area (Å²) in [5, 5.41) is 10.8. The number of carbonyl (C=O) groups is 1. The fraction of sp³-hybridized carbons (Fsp3) is 0.450. The zero-order valence-electron chi connectivity index (χ0n) is 14.9. The number of hydrogen-bond acceptors (Lipinski definition) is 6. The van der Waals surface area contributed by atoms with Gasteiger partial charge in [-0.2, -0.15) is 5.26 Å². The molecule has 0 aliphatic heterocycles. The smallest absolute Gasteiger partial charge is 0.316 e. The zero-order valence-corrected chi connectivity index (χ0v) is 15.7. The van der Waals surface area contributed by atoms with Crippen LogP contribution in [0.5, 0.6) is 5.75 Å². The molecule has 0 bridgehead atoms. The van der Waals surface area contributed by atoms with Crippen LogP contribution in [0.15, 0.2) is 29.3 Å². The minimum atomic E-state index is -0.237. The van der Waals surface area contributed by atoms with Gasteiger partial charge in [-0.15, -0.1) is 0 Å². The summed E-state index contributed by atoms with van der Waals surface area (Å²) in [7, 11) is 0. The number of nitrogens with zero attached hydrogens (tertiary/aromatic N) is 2. The van der Waals surface area contributed by atoms with E-state index in [2.05, 4.69) is 11.1 Å². The monoisotopic (exact) mass is 370 g/mol. The third kappa shape index (κ3) is 4.67. The molecule has 3 rings (SSSR count). The fourth-order valence-corrected chi connectivity index (χ4v) is 3.86. The van der Waals surface area contributed by atoms with Gasteiger partial charge in [0.1, 0.15) is 22.9 Å². The maximum atomic E-state index is 12.1. The lowest BCUT2D eigenvalue weighted by Crippen LogP contribution is -2.21. The average molecular weight is 370 g/mol. The Hall–Kier alpha value is -2.26. The summed E-state index contributed by atoms with van der Waals surface area (Å²) < 4.78 is 11.0. The summed E-state index contributed by atoms with van der Waals surface area (Å²) in [6, 6.07) is 9.56. The van der Waals surface area contributed by atoms with Gasteiger partial charge in [-0.05, 0) is 56.9 Å². The molecule has 1 aromatic heterocycles. The Labute approximate surface area is 157 Å². The number of hydrogen-bond donors (Lipinski definition) is 0. The van der Waals surface area contributed by atoms with Gasteiger partial charge in [0.2, 0.25) is 0 Å². The minimum Gasteiger partial charge on any atom is -0.494 e. The molecule has 2 aromatic rings. The molecule has 6 heteroatoms. The first kappa shape index (κ1) is 18.5. The molecule has 0 atom stereocenters. The summed E-state index contributed by atoms with van der Waals surface area (Å²) >= 11 is 1.26. The highest BCUT2D eigenvalue weighted by atomic mass is 32.2. The van der Waals surface area contributed by atoms with Crippen molar-refractivity contribution in [2.24, 2.45) is 0 Å². The normalized spacial score (nSPS) is 14.8. The zero-order chi connectivity index (χ0) is 18.4. The number of pyridine rings is 1. The number of nitriles is 1. The number of thioether (sulfide) groups is 1. The lowest BCUT2D eigenvalue weighted by Gasteiger charge is -2.21. The maximum absolute atomic E-state index is 12.1. The lowest BCUT2D eigenvalue weighted by atomic mass is 9.98. The van der Waals surface area contributed by atoms with Crippen LogP contribution < -0.4 is 4.74 Å². The summed E-state index contributed by atoms with van der Waals surface area (Å²) in [6.45, 7) is 2.51. The summed E-state index contributed by atoms with van der Waals surface area (Å²) in [5.41, 5.74) is 1.23. The Bertz CT molecular complexity index is 826. The number of aromatic nitrogens is 1. The number of esters is 1. The van der Waals surface area contributed by atoms with Gasteiger partial charge in [-0.1, -0.05) is 18.2 Å². The van der Waals surface area contributed by atoms with E-state index in [9.17, 15) is 10.1 Å². The lowest BCUT2D eigenvalue weighted by molar-refractivity contribution is -0.147. The highest BCUT2D eigenvalue weighted by Gasteiger charge is 2.18. The Morgan fingerprint density at radius 1 is 1.31 bits per heavy atom. The van der Waals surface area contributed by atoms with Gasteiger partial charge in [0, 0.05) is 5.39 Å². The van der Waals surface area contributed by atoms with Crippen molar-refractivity contribution in [2.45, 2.75) is 50.2 Å². The van der Waals surface area contributed by atoms with Crippen LogP contribution in [0.4, 0.5) is 0 Å². The number of fused-ring (bicyclic) bond motifs is 1. The van der Waals surface area contributed by atoms with Crippen molar-refractivity contribution in [3.63, 3.8) is 0 Å².